The first-order valence-electron chi connectivity index (χ1n) is 11.5. The molecular weight excluding hydrogens is 444 g/mol. The second-order valence-electron chi connectivity index (χ2n) is 8.91. The van der Waals surface area contributed by atoms with Gasteiger partial charge in [0.15, 0.2) is 11.5 Å². The number of fused-ring (bicyclic) bond motifs is 1. The zero-order chi connectivity index (χ0) is 25.0. The number of carbonyl (C=O) groups excluding carboxylic acids is 1. The van der Waals surface area contributed by atoms with Gasteiger partial charge in [0.2, 0.25) is 0 Å². The van der Waals surface area contributed by atoms with Gasteiger partial charge < -0.3 is 14.6 Å². The van der Waals surface area contributed by atoms with Crippen molar-refractivity contribution in [2.24, 2.45) is 0 Å². The van der Waals surface area contributed by atoms with Crippen molar-refractivity contribution in [3.8, 4) is 11.5 Å². The number of carbonyl (C=O) groups is 2. The Bertz CT molecular complexity index is 1210. The summed E-state index contributed by atoms with van der Waals surface area (Å²) in [5, 5.41) is 11.5. The van der Waals surface area contributed by atoms with Gasteiger partial charge in [0.25, 0.3) is 5.91 Å². The summed E-state index contributed by atoms with van der Waals surface area (Å²) in [6.45, 7) is 2.47. The van der Waals surface area contributed by atoms with Crippen LogP contribution in [0.1, 0.15) is 32.6 Å². The average Bonchev–Trinajstić information content (AvgIpc) is 3.25. The predicted octanol–water partition coefficient (Wildman–Crippen LogP) is 3.82. The topological polar surface area (TPSA) is 88.1 Å². The van der Waals surface area contributed by atoms with Gasteiger partial charge in [-0.3, -0.25) is 15.0 Å². The number of benzene rings is 3. The lowest BCUT2D eigenvalue weighted by molar-refractivity contribution is -0.151. The lowest BCUT2D eigenvalue weighted by atomic mass is 9.95. The first-order chi connectivity index (χ1) is 16.8. The molecule has 0 aliphatic heterocycles. The fourth-order valence-corrected chi connectivity index (χ4v) is 4.53. The van der Waals surface area contributed by atoms with E-state index in [1.807, 2.05) is 49.4 Å². The summed E-state index contributed by atoms with van der Waals surface area (Å²) >= 11 is 0. The van der Waals surface area contributed by atoms with Gasteiger partial charge in [0.05, 0.1) is 13.7 Å². The maximum Gasteiger partial charge on any atom is 0.326 e. The number of carboxylic acid groups (broad SMARTS) is 1. The van der Waals surface area contributed by atoms with E-state index in [0.29, 0.717) is 42.9 Å². The van der Waals surface area contributed by atoms with Crippen molar-refractivity contribution in [3.05, 3.63) is 94.5 Å². The molecule has 0 heterocycles. The molecule has 7 heteroatoms. The monoisotopic (exact) mass is 474 g/mol. The molecule has 1 aliphatic rings. The fourth-order valence-electron chi connectivity index (χ4n) is 4.53. The van der Waals surface area contributed by atoms with Crippen LogP contribution in [0.5, 0.6) is 11.5 Å². The Labute approximate surface area is 205 Å². The minimum absolute atomic E-state index is 0.311. The number of hydrazine groups is 1. The number of likely N-dealkylation sites (N-methyl/N-ethyl adjacent to an activating group) is 1. The molecule has 0 radical (unpaired) electrons. The molecule has 35 heavy (non-hydrogen) atoms. The smallest absolute Gasteiger partial charge is 0.326 e. The number of hydrogen-bond donors (Lipinski definition) is 2. The highest BCUT2D eigenvalue weighted by atomic mass is 16.5. The average molecular weight is 475 g/mol. The van der Waals surface area contributed by atoms with Gasteiger partial charge in [0.1, 0.15) is 5.54 Å². The molecule has 0 fully saturated rings. The molecule has 182 valence electrons. The predicted molar refractivity (Wildman–Crippen MR) is 133 cm³/mol. The molecule has 1 amide bonds. The van der Waals surface area contributed by atoms with Crippen LogP contribution in [-0.2, 0) is 24.1 Å². The van der Waals surface area contributed by atoms with Crippen LogP contribution in [0.4, 0.5) is 0 Å². The molecule has 0 bridgehead atoms. The quantitative estimate of drug-likeness (QED) is 0.459. The second kappa shape index (κ2) is 10.2. The van der Waals surface area contributed by atoms with Gasteiger partial charge in [-0.2, -0.15) is 0 Å². The molecule has 3 aromatic rings. The summed E-state index contributed by atoms with van der Waals surface area (Å²) in [7, 11) is 3.14. The summed E-state index contributed by atoms with van der Waals surface area (Å²) < 4.78 is 11.4. The third kappa shape index (κ3) is 5.15. The van der Waals surface area contributed by atoms with Crippen molar-refractivity contribution in [1.82, 2.24) is 10.4 Å². The number of nitrogens with one attached hydrogen (secondary N) is 1. The van der Waals surface area contributed by atoms with Gasteiger partial charge in [-0.1, -0.05) is 54.1 Å². The Morgan fingerprint density at radius 3 is 2.34 bits per heavy atom. The molecule has 1 aliphatic carbocycles. The lowest BCUT2D eigenvalue weighted by Gasteiger charge is -2.34. The summed E-state index contributed by atoms with van der Waals surface area (Å²) in [5.41, 5.74) is 6.16. The van der Waals surface area contributed by atoms with E-state index in [4.69, 9.17) is 9.47 Å². The molecule has 2 N–H and O–H groups in total. The minimum atomic E-state index is -1.25. The Morgan fingerprint density at radius 2 is 1.71 bits per heavy atom. The molecule has 0 aromatic heterocycles. The minimum Gasteiger partial charge on any atom is -0.493 e. The molecule has 0 saturated carbocycles. The van der Waals surface area contributed by atoms with Crippen LogP contribution in [0.25, 0.3) is 0 Å². The lowest BCUT2D eigenvalue weighted by Crippen LogP contribution is -2.60. The number of methoxy groups -OCH3 is 1. The number of aryl methyl sites for hydroxylation is 1. The Balaban J connectivity index is 1.46. The molecular formula is C28H30N2O5. The van der Waals surface area contributed by atoms with Crippen molar-refractivity contribution < 1.29 is 24.2 Å². The third-order valence-electron chi connectivity index (χ3n) is 6.55. The number of carboxylic acids is 1. The first-order valence-corrected chi connectivity index (χ1v) is 11.5. The highest BCUT2D eigenvalue weighted by molar-refractivity contribution is 5.95. The van der Waals surface area contributed by atoms with Gasteiger partial charge >= 0.3 is 5.97 Å². The molecule has 0 unspecified atom stereocenters. The SMILES string of the molecule is COc1ccc(C(=O)NN(C)C2(C(=O)O)Cc3ccccc3C2)cc1OCCc1cccc(C)c1. The van der Waals surface area contributed by atoms with Crippen molar-refractivity contribution in [2.45, 2.75) is 31.7 Å². The van der Waals surface area contributed by atoms with Crippen LogP contribution in [0, 0.1) is 6.92 Å². The van der Waals surface area contributed by atoms with E-state index in [0.717, 1.165) is 16.7 Å². The van der Waals surface area contributed by atoms with E-state index in [1.165, 1.54) is 10.6 Å². The fraction of sp³-hybridized carbons (Fsp3) is 0.286. The van der Waals surface area contributed by atoms with Gasteiger partial charge in [-0.25, -0.2) is 5.01 Å². The maximum absolute atomic E-state index is 13.1. The summed E-state index contributed by atoms with van der Waals surface area (Å²) in [6.07, 6.45) is 1.34. The van der Waals surface area contributed by atoms with Crippen LogP contribution >= 0.6 is 0 Å². The number of hydrogen-bond acceptors (Lipinski definition) is 5. The second-order valence-corrected chi connectivity index (χ2v) is 8.91. The van der Waals surface area contributed by atoms with E-state index < -0.39 is 17.4 Å². The standard InChI is InChI=1S/C28H30N2O5/c1-19-7-6-8-20(15-19)13-14-35-25-16-21(11-12-24(25)34-3)26(31)29-30(2)28(27(32)33)17-22-9-4-5-10-23(22)18-28/h4-12,15-16H,13-14,17-18H2,1-3H3,(H,29,31)(H,32,33). The summed E-state index contributed by atoms with van der Waals surface area (Å²) in [4.78, 5) is 25.4. The van der Waals surface area contributed by atoms with Gasteiger partial charge in [-0.05, 0) is 41.8 Å². The third-order valence-corrected chi connectivity index (χ3v) is 6.55. The summed E-state index contributed by atoms with van der Waals surface area (Å²) in [6, 6.07) is 20.8. The zero-order valence-electron chi connectivity index (χ0n) is 20.2. The van der Waals surface area contributed by atoms with E-state index in [1.54, 1.807) is 32.4 Å². The molecule has 0 saturated heterocycles. The number of aliphatic carboxylic acids is 1. The number of ether oxygens (including phenoxy) is 2. The largest absolute Gasteiger partial charge is 0.493 e. The molecule has 3 aromatic carbocycles. The normalized spacial score (nSPS) is 13.8. The van der Waals surface area contributed by atoms with Crippen molar-refractivity contribution in [1.29, 1.82) is 0 Å². The Morgan fingerprint density at radius 1 is 1.00 bits per heavy atom. The Hall–Kier alpha value is -3.84. The van der Waals surface area contributed by atoms with Crippen LogP contribution < -0.4 is 14.9 Å². The van der Waals surface area contributed by atoms with Crippen LogP contribution in [0.15, 0.2) is 66.7 Å². The van der Waals surface area contributed by atoms with E-state index in [2.05, 4.69) is 11.5 Å². The molecule has 0 atom stereocenters. The van der Waals surface area contributed by atoms with E-state index in [9.17, 15) is 14.7 Å². The van der Waals surface area contributed by atoms with E-state index >= 15 is 0 Å². The van der Waals surface area contributed by atoms with Gasteiger partial charge in [-0.15, -0.1) is 0 Å². The van der Waals surface area contributed by atoms with Crippen molar-refractivity contribution in [2.75, 3.05) is 20.8 Å². The van der Waals surface area contributed by atoms with Crippen molar-refractivity contribution >= 4 is 11.9 Å². The first kappa shape index (κ1) is 24.3. The van der Waals surface area contributed by atoms with Crippen LogP contribution in [0.3, 0.4) is 0 Å². The highest BCUT2D eigenvalue weighted by Crippen LogP contribution is 2.34. The summed E-state index contributed by atoms with van der Waals surface area (Å²) in [5.74, 6) is -0.425. The maximum atomic E-state index is 13.1. The number of rotatable bonds is 9. The van der Waals surface area contributed by atoms with Crippen LogP contribution in [0.2, 0.25) is 0 Å². The van der Waals surface area contributed by atoms with Gasteiger partial charge in [0, 0.05) is 31.9 Å². The molecule has 0 spiro atoms. The highest BCUT2D eigenvalue weighted by Gasteiger charge is 2.48. The molecule has 7 nitrogen and oxygen atoms in total. The zero-order valence-corrected chi connectivity index (χ0v) is 20.2. The van der Waals surface area contributed by atoms with Crippen molar-refractivity contribution in [3.63, 3.8) is 0 Å². The van der Waals surface area contributed by atoms with Crippen LogP contribution in [-0.4, -0.2) is 48.3 Å². The van der Waals surface area contributed by atoms with E-state index in [-0.39, 0.29) is 0 Å². The number of amides is 1. The number of nitrogens with zero attached hydrogens (tertiary/aromatic N) is 1. The Kier molecular flexibility index (Phi) is 7.07. The molecule has 4 rings (SSSR count).